The zero-order valence-electron chi connectivity index (χ0n) is 12.3. The second kappa shape index (κ2) is 4.55. The molecule has 0 aliphatic heterocycles. The van der Waals surface area contributed by atoms with Crippen molar-refractivity contribution in [3.8, 4) is 0 Å². The van der Waals surface area contributed by atoms with Crippen molar-refractivity contribution in [2.45, 2.75) is 69.7 Å². The minimum Gasteiger partial charge on any atom is -0.339 e. The number of nitrogens with zero attached hydrogens (tertiary/aromatic N) is 2. The van der Waals surface area contributed by atoms with Crippen molar-refractivity contribution in [1.82, 2.24) is 10.1 Å². The van der Waals surface area contributed by atoms with Crippen LogP contribution in [-0.4, -0.2) is 10.1 Å². The molecule has 2 N–H and O–H groups in total. The van der Waals surface area contributed by atoms with E-state index in [9.17, 15) is 0 Å². The van der Waals surface area contributed by atoms with E-state index in [0.29, 0.717) is 5.92 Å². The maximum absolute atomic E-state index is 6.56. The molecule has 4 rings (SSSR count). The first kappa shape index (κ1) is 12.8. The van der Waals surface area contributed by atoms with E-state index >= 15 is 0 Å². The van der Waals surface area contributed by atoms with Crippen molar-refractivity contribution in [1.29, 1.82) is 0 Å². The van der Waals surface area contributed by atoms with Crippen LogP contribution < -0.4 is 5.73 Å². The molecule has 2 atom stereocenters. The topological polar surface area (TPSA) is 64.9 Å². The van der Waals surface area contributed by atoms with Crippen molar-refractivity contribution in [2.24, 2.45) is 23.5 Å². The average Bonchev–Trinajstić information content (AvgIpc) is 2.92. The highest BCUT2D eigenvalue weighted by Crippen LogP contribution is 2.57. The molecular weight excluding hydrogens is 250 g/mol. The predicted octanol–water partition coefficient (Wildman–Crippen LogP) is 3.34. The molecule has 1 aromatic rings. The van der Waals surface area contributed by atoms with Crippen molar-refractivity contribution in [2.75, 3.05) is 0 Å². The molecule has 3 aliphatic rings. The molecule has 20 heavy (non-hydrogen) atoms. The maximum Gasteiger partial charge on any atom is 0.229 e. The molecule has 3 fully saturated rings. The van der Waals surface area contributed by atoms with Gasteiger partial charge in [0.1, 0.15) is 0 Å². The fourth-order valence-corrected chi connectivity index (χ4v) is 4.34. The SMILES string of the molecule is CCC1CCC(N)(c2noc(C3CC4CC4C3)n2)CC1. The van der Waals surface area contributed by atoms with Crippen LogP contribution in [0.1, 0.15) is 75.9 Å². The molecule has 3 saturated carbocycles. The summed E-state index contributed by atoms with van der Waals surface area (Å²) in [5, 5.41) is 4.24. The minimum atomic E-state index is -0.338. The van der Waals surface area contributed by atoms with Gasteiger partial charge in [-0.1, -0.05) is 18.5 Å². The number of fused-ring (bicyclic) bond motifs is 1. The Labute approximate surface area is 120 Å². The van der Waals surface area contributed by atoms with Crippen LogP contribution in [0.15, 0.2) is 4.52 Å². The number of rotatable bonds is 3. The number of aromatic nitrogens is 2. The highest BCUT2D eigenvalue weighted by Gasteiger charge is 2.48. The summed E-state index contributed by atoms with van der Waals surface area (Å²) < 4.78 is 5.55. The van der Waals surface area contributed by atoms with Gasteiger partial charge in [0.2, 0.25) is 5.89 Å². The third-order valence-corrected chi connectivity index (χ3v) is 6.05. The monoisotopic (exact) mass is 275 g/mol. The molecule has 4 heteroatoms. The summed E-state index contributed by atoms with van der Waals surface area (Å²) in [7, 11) is 0. The lowest BCUT2D eigenvalue weighted by atomic mass is 9.76. The standard InChI is InChI=1S/C16H25N3O/c1-2-10-3-5-16(17,6-4-10)15-18-14(20-19-15)13-8-11-7-12(11)9-13/h10-13H,2-9,17H2,1H3. The van der Waals surface area contributed by atoms with Crippen molar-refractivity contribution in [3.63, 3.8) is 0 Å². The van der Waals surface area contributed by atoms with Gasteiger partial charge < -0.3 is 10.3 Å². The third kappa shape index (κ3) is 2.09. The Morgan fingerprint density at radius 2 is 1.90 bits per heavy atom. The van der Waals surface area contributed by atoms with Gasteiger partial charge in [-0.25, -0.2) is 0 Å². The molecular formula is C16H25N3O. The summed E-state index contributed by atoms with van der Waals surface area (Å²) in [6, 6.07) is 0. The molecule has 0 spiro atoms. The largest absolute Gasteiger partial charge is 0.339 e. The van der Waals surface area contributed by atoms with E-state index in [4.69, 9.17) is 15.2 Å². The summed E-state index contributed by atoms with van der Waals surface area (Å²) in [5.41, 5.74) is 6.22. The lowest BCUT2D eigenvalue weighted by Crippen LogP contribution is -2.41. The first-order chi connectivity index (χ1) is 9.68. The van der Waals surface area contributed by atoms with E-state index in [-0.39, 0.29) is 5.54 Å². The van der Waals surface area contributed by atoms with Gasteiger partial charge in [-0.3, -0.25) is 0 Å². The van der Waals surface area contributed by atoms with Gasteiger partial charge in [-0.15, -0.1) is 0 Å². The normalized spacial score (nSPS) is 43.5. The Balaban J connectivity index is 1.47. The van der Waals surface area contributed by atoms with Crippen LogP contribution in [0.25, 0.3) is 0 Å². The van der Waals surface area contributed by atoms with E-state index < -0.39 is 0 Å². The van der Waals surface area contributed by atoms with Crippen LogP contribution >= 0.6 is 0 Å². The van der Waals surface area contributed by atoms with Gasteiger partial charge in [0.25, 0.3) is 0 Å². The number of hydrogen-bond donors (Lipinski definition) is 1. The zero-order chi connectivity index (χ0) is 13.7. The highest BCUT2D eigenvalue weighted by atomic mass is 16.5. The molecule has 1 heterocycles. The molecule has 2 unspecified atom stereocenters. The summed E-state index contributed by atoms with van der Waals surface area (Å²) in [5.74, 6) is 4.86. The molecule has 0 bridgehead atoms. The quantitative estimate of drug-likeness (QED) is 0.918. The van der Waals surface area contributed by atoms with Crippen molar-refractivity contribution in [3.05, 3.63) is 11.7 Å². The van der Waals surface area contributed by atoms with E-state index in [0.717, 1.165) is 42.3 Å². The first-order valence-corrected chi connectivity index (χ1v) is 8.31. The lowest BCUT2D eigenvalue weighted by Gasteiger charge is -2.34. The Morgan fingerprint density at radius 3 is 2.55 bits per heavy atom. The second-order valence-corrected chi connectivity index (χ2v) is 7.39. The average molecular weight is 275 g/mol. The molecule has 3 aliphatic carbocycles. The molecule has 0 amide bonds. The van der Waals surface area contributed by atoms with Crippen LogP contribution in [0, 0.1) is 17.8 Å². The van der Waals surface area contributed by atoms with E-state index in [1.165, 1.54) is 38.5 Å². The maximum atomic E-state index is 6.56. The molecule has 0 aromatic carbocycles. The molecule has 0 saturated heterocycles. The van der Waals surface area contributed by atoms with Crippen LogP contribution in [0.4, 0.5) is 0 Å². The van der Waals surface area contributed by atoms with Gasteiger partial charge in [0.15, 0.2) is 5.82 Å². The van der Waals surface area contributed by atoms with Gasteiger partial charge in [0, 0.05) is 5.92 Å². The van der Waals surface area contributed by atoms with Crippen LogP contribution in [-0.2, 0) is 5.54 Å². The van der Waals surface area contributed by atoms with Gasteiger partial charge in [-0.2, -0.15) is 4.98 Å². The summed E-state index contributed by atoms with van der Waals surface area (Å²) in [6.07, 6.45) is 9.59. The van der Waals surface area contributed by atoms with Gasteiger partial charge >= 0.3 is 0 Å². The Bertz CT molecular complexity index is 480. The van der Waals surface area contributed by atoms with Crippen LogP contribution in [0.3, 0.4) is 0 Å². The van der Waals surface area contributed by atoms with E-state index in [1.54, 1.807) is 0 Å². The van der Waals surface area contributed by atoms with Crippen molar-refractivity contribution < 1.29 is 4.52 Å². The highest BCUT2D eigenvalue weighted by molar-refractivity contribution is 5.11. The Hall–Kier alpha value is -0.900. The van der Waals surface area contributed by atoms with E-state index in [2.05, 4.69) is 12.1 Å². The molecule has 1 aromatic heterocycles. The van der Waals surface area contributed by atoms with Gasteiger partial charge in [0.05, 0.1) is 5.54 Å². The minimum absolute atomic E-state index is 0.338. The zero-order valence-corrected chi connectivity index (χ0v) is 12.3. The van der Waals surface area contributed by atoms with E-state index in [1.807, 2.05) is 0 Å². The molecule has 4 nitrogen and oxygen atoms in total. The smallest absolute Gasteiger partial charge is 0.229 e. The van der Waals surface area contributed by atoms with Crippen molar-refractivity contribution >= 4 is 0 Å². The third-order valence-electron chi connectivity index (χ3n) is 6.05. The first-order valence-electron chi connectivity index (χ1n) is 8.31. The van der Waals surface area contributed by atoms with Gasteiger partial charge in [-0.05, 0) is 62.7 Å². The molecule has 0 radical (unpaired) electrons. The fraction of sp³-hybridized carbons (Fsp3) is 0.875. The predicted molar refractivity (Wildman–Crippen MR) is 76.0 cm³/mol. The number of hydrogen-bond acceptors (Lipinski definition) is 4. The summed E-state index contributed by atoms with van der Waals surface area (Å²) >= 11 is 0. The summed E-state index contributed by atoms with van der Waals surface area (Å²) in [6.45, 7) is 2.27. The second-order valence-electron chi connectivity index (χ2n) is 7.39. The Morgan fingerprint density at radius 1 is 1.20 bits per heavy atom. The number of nitrogens with two attached hydrogens (primary N) is 1. The fourth-order valence-electron chi connectivity index (χ4n) is 4.34. The van der Waals surface area contributed by atoms with Crippen LogP contribution in [0.5, 0.6) is 0 Å². The summed E-state index contributed by atoms with van der Waals surface area (Å²) in [4.78, 5) is 4.69. The lowest BCUT2D eigenvalue weighted by molar-refractivity contribution is 0.216. The molecule has 110 valence electrons. The van der Waals surface area contributed by atoms with Crippen LogP contribution in [0.2, 0.25) is 0 Å². The Kier molecular flexibility index (Phi) is 2.92.